The quantitative estimate of drug-likeness (QED) is 0.578. The Morgan fingerprint density at radius 2 is 1.86 bits per heavy atom. The van der Waals surface area contributed by atoms with Gasteiger partial charge in [0.05, 0.1) is 23.2 Å². The van der Waals surface area contributed by atoms with Gasteiger partial charge in [-0.25, -0.2) is 4.98 Å². The lowest BCUT2D eigenvalue weighted by molar-refractivity contribution is -0.118. The van der Waals surface area contributed by atoms with Crippen molar-refractivity contribution in [2.75, 3.05) is 5.75 Å². The summed E-state index contributed by atoms with van der Waals surface area (Å²) in [7, 11) is 0. The highest BCUT2D eigenvalue weighted by atomic mass is 35.5. The zero-order valence-corrected chi connectivity index (χ0v) is 17.8. The van der Waals surface area contributed by atoms with Crippen LogP contribution in [-0.4, -0.2) is 21.2 Å². The van der Waals surface area contributed by atoms with Gasteiger partial charge in [0.2, 0.25) is 5.91 Å². The first-order chi connectivity index (χ1) is 14.2. The molecule has 0 bridgehead atoms. The molecule has 0 fully saturated rings. The largest absolute Gasteiger partial charge is 0.350 e. The third-order valence-electron chi connectivity index (χ3n) is 5.08. The van der Waals surface area contributed by atoms with Crippen molar-refractivity contribution in [2.45, 2.75) is 37.6 Å². The molecule has 0 radical (unpaired) electrons. The first kappa shape index (κ1) is 20.0. The van der Waals surface area contributed by atoms with E-state index in [1.165, 1.54) is 18.4 Å². The van der Waals surface area contributed by atoms with Gasteiger partial charge >= 0.3 is 0 Å². The van der Waals surface area contributed by atoms with Gasteiger partial charge in [-0.1, -0.05) is 54.1 Å². The highest BCUT2D eigenvalue weighted by Gasteiger charge is 2.17. The standard InChI is InChI=1S/C23H24ClN3OS/c24-19-11-9-18(10-12-19)23(17-6-2-1-3-7-17)29-16-22(28)25-14-20-15-27-13-5-4-8-21(27)26-20/h1-3,6-7,9-12,15,23H,4-5,8,13-14,16H2,(H,25,28). The zero-order valence-electron chi connectivity index (χ0n) is 16.2. The maximum Gasteiger partial charge on any atom is 0.230 e. The van der Waals surface area contributed by atoms with E-state index in [0.717, 1.165) is 30.0 Å². The van der Waals surface area contributed by atoms with Crippen molar-refractivity contribution in [3.05, 3.63) is 88.5 Å². The topological polar surface area (TPSA) is 46.9 Å². The van der Waals surface area contributed by atoms with E-state index >= 15 is 0 Å². The number of nitrogens with zero attached hydrogens (tertiary/aromatic N) is 2. The van der Waals surface area contributed by atoms with E-state index in [4.69, 9.17) is 11.6 Å². The Morgan fingerprint density at radius 3 is 2.62 bits per heavy atom. The normalized spacial score (nSPS) is 14.2. The fourth-order valence-electron chi connectivity index (χ4n) is 3.61. The number of aryl methyl sites for hydroxylation is 2. The Hall–Kier alpha value is -2.24. The SMILES string of the molecule is O=C(CSC(c1ccccc1)c1ccc(Cl)cc1)NCc1cn2c(n1)CCCC2. The molecule has 0 aliphatic carbocycles. The second-order valence-electron chi connectivity index (χ2n) is 7.23. The summed E-state index contributed by atoms with van der Waals surface area (Å²) in [5.74, 6) is 1.55. The minimum Gasteiger partial charge on any atom is -0.350 e. The maximum atomic E-state index is 12.5. The lowest BCUT2D eigenvalue weighted by Gasteiger charge is -2.17. The number of nitrogens with one attached hydrogen (secondary N) is 1. The average Bonchev–Trinajstić information content (AvgIpc) is 3.17. The highest BCUT2D eigenvalue weighted by molar-refractivity contribution is 8.00. The van der Waals surface area contributed by atoms with Crippen LogP contribution >= 0.6 is 23.4 Å². The van der Waals surface area contributed by atoms with Crippen molar-refractivity contribution < 1.29 is 4.79 Å². The summed E-state index contributed by atoms with van der Waals surface area (Å²) in [4.78, 5) is 17.1. The number of carbonyl (C=O) groups is 1. The van der Waals surface area contributed by atoms with E-state index in [0.29, 0.717) is 17.3 Å². The van der Waals surface area contributed by atoms with Crippen molar-refractivity contribution in [1.82, 2.24) is 14.9 Å². The second-order valence-corrected chi connectivity index (χ2v) is 8.76. The Morgan fingerprint density at radius 1 is 1.10 bits per heavy atom. The van der Waals surface area contributed by atoms with Crippen molar-refractivity contribution in [2.24, 2.45) is 0 Å². The average molecular weight is 426 g/mol. The minimum atomic E-state index is 0.0240. The molecule has 0 spiro atoms. The highest BCUT2D eigenvalue weighted by Crippen LogP contribution is 2.35. The lowest BCUT2D eigenvalue weighted by atomic mass is 10.0. The fourth-order valence-corrected chi connectivity index (χ4v) is 4.85. The van der Waals surface area contributed by atoms with Crippen LogP contribution in [0.5, 0.6) is 0 Å². The molecule has 4 nitrogen and oxygen atoms in total. The first-order valence-electron chi connectivity index (χ1n) is 9.93. The molecule has 1 N–H and O–H groups in total. The van der Waals surface area contributed by atoms with E-state index in [1.54, 1.807) is 11.8 Å². The smallest absolute Gasteiger partial charge is 0.230 e. The Bertz CT molecular complexity index is 933. The summed E-state index contributed by atoms with van der Waals surface area (Å²) in [5.41, 5.74) is 3.26. The fraction of sp³-hybridized carbons (Fsp3) is 0.304. The Balaban J connectivity index is 1.37. The lowest BCUT2D eigenvalue weighted by Crippen LogP contribution is -2.25. The summed E-state index contributed by atoms with van der Waals surface area (Å²) in [6.45, 7) is 1.52. The third kappa shape index (κ3) is 5.22. The number of imidazole rings is 1. The van der Waals surface area contributed by atoms with Gasteiger partial charge in [-0.05, 0) is 36.1 Å². The van der Waals surface area contributed by atoms with Crippen LogP contribution in [0.25, 0.3) is 0 Å². The Labute approximate surface area is 180 Å². The van der Waals surface area contributed by atoms with Gasteiger partial charge in [0.25, 0.3) is 0 Å². The van der Waals surface area contributed by atoms with Crippen LogP contribution in [0.3, 0.4) is 0 Å². The number of hydrogen-bond donors (Lipinski definition) is 1. The molecule has 1 amide bonds. The summed E-state index contributed by atoms with van der Waals surface area (Å²) in [6.07, 6.45) is 5.51. The number of thioether (sulfide) groups is 1. The molecule has 1 aliphatic rings. The van der Waals surface area contributed by atoms with E-state index in [2.05, 4.69) is 33.2 Å². The van der Waals surface area contributed by atoms with Crippen LogP contribution in [0.2, 0.25) is 5.02 Å². The predicted molar refractivity (Wildman–Crippen MR) is 119 cm³/mol. The summed E-state index contributed by atoms with van der Waals surface area (Å²) >= 11 is 7.67. The van der Waals surface area contributed by atoms with Crippen molar-refractivity contribution in [1.29, 1.82) is 0 Å². The van der Waals surface area contributed by atoms with Crippen LogP contribution in [-0.2, 0) is 24.3 Å². The van der Waals surface area contributed by atoms with Crippen LogP contribution in [0.1, 0.15) is 40.7 Å². The van der Waals surface area contributed by atoms with Gasteiger partial charge in [0.15, 0.2) is 0 Å². The second kappa shape index (κ2) is 9.51. The van der Waals surface area contributed by atoms with E-state index < -0.39 is 0 Å². The molecule has 2 heterocycles. The Kier molecular flexibility index (Phi) is 6.57. The minimum absolute atomic E-state index is 0.0240. The zero-order chi connectivity index (χ0) is 20.1. The number of hydrogen-bond acceptors (Lipinski definition) is 3. The molecule has 1 atom stereocenters. The van der Waals surface area contributed by atoms with Crippen LogP contribution in [0, 0.1) is 0 Å². The van der Waals surface area contributed by atoms with E-state index in [1.807, 2.05) is 42.5 Å². The molecule has 1 aromatic heterocycles. The molecule has 0 saturated heterocycles. The molecular weight excluding hydrogens is 402 g/mol. The van der Waals surface area contributed by atoms with Gasteiger partial charge in [-0.3, -0.25) is 4.79 Å². The molecular formula is C23H24ClN3OS. The molecule has 0 saturated carbocycles. The number of benzene rings is 2. The van der Waals surface area contributed by atoms with Crippen LogP contribution in [0.15, 0.2) is 60.8 Å². The van der Waals surface area contributed by atoms with Gasteiger partial charge in [0, 0.05) is 24.2 Å². The monoisotopic (exact) mass is 425 g/mol. The summed E-state index contributed by atoms with van der Waals surface area (Å²) in [6, 6.07) is 18.1. The van der Waals surface area contributed by atoms with Crippen molar-refractivity contribution >= 4 is 29.3 Å². The molecule has 6 heteroatoms. The van der Waals surface area contributed by atoms with Gasteiger partial charge in [-0.15, -0.1) is 11.8 Å². The van der Waals surface area contributed by atoms with Crippen LogP contribution in [0.4, 0.5) is 0 Å². The van der Waals surface area contributed by atoms with Gasteiger partial charge < -0.3 is 9.88 Å². The number of aromatic nitrogens is 2. The van der Waals surface area contributed by atoms with Gasteiger partial charge in [0.1, 0.15) is 5.82 Å². The number of carbonyl (C=O) groups excluding carboxylic acids is 1. The molecule has 150 valence electrons. The molecule has 1 aliphatic heterocycles. The first-order valence-corrected chi connectivity index (χ1v) is 11.4. The molecule has 3 aromatic rings. The molecule has 29 heavy (non-hydrogen) atoms. The van der Waals surface area contributed by atoms with E-state index in [9.17, 15) is 4.79 Å². The molecule has 2 aromatic carbocycles. The third-order valence-corrected chi connectivity index (χ3v) is 6.64. The summed E-state index contributed by atoms with van der Waals surface area (Å²) in [5, 5.41) is 3.82. The predicted octanol–water partition coefficient (Wildman–Crippen LogP) is 5.01. The number of amides is 1. The van der Waals surface area contributed by atoms with Crippen molar-refractivity contribution in [3.8, 4) is 0 Å². The number of rotatable bonds is 7. The number of fused-ring (bicyclic) bond motifs is 1. The van der Waals surface area contributed by atoms with Gasteiger partial charge in [-0.2, -0.15) is 0 Å². The summed E-state index contributed by atoms with van der Waals surface area (Å²) < 4.78 is 2.21. The van der Waals surface area contributed by atoms with Crippen molar-refractivity contribution in [3.63, 3.8) is 0 Å². The molecule has 4 rings (SSSR count). The van der Waals surface area contributed by atoms with E-state index in [-0.39, 0.29) is 11.2 Å². The number of halogens is 1. The van der Waals surface area contributed by atoms with Crippen LogP contribution < -0.4 is 5.32 Å². The molecule has 1 unspecified atom stereocenters. The maximum absolute atomic E-state index is 12.5.